The van der Waals surface area contributed by atoms with E-state index in [1.165, 1.54) is 0 Å². The van der Waals surface area contributed by atoms with Crippen molar-refractivity contribution in [2.45, 2.75) is 38.9 Å². The molecule has 0 rings (SSSR count). The van der Waals surface area contributed by atoms with E-state index in [4.69, 9.17) is 4.55 Å². The average molecular weight is 221 g/mol. The molecule has 5 heteroatoms. The Bertz CT molecular complexity index is 257. The minimum Gasteiger partial charge on any atom is -0.282 e. The molecule has 1 radical (unpaired) electrons. The lowest BCUT2D eigenvalue weighted by Gasteiger charge is -2.22. The summed E-state index contributed by atoms with van der Waals surface area (Å²) in [5, 5.41) is 2.08. The van der Waals surface area contributed by atoms with Crippen LogP contribution in [0.2, 0.25) is 18.1 Å². The summed E-state index contributed by atoms with van der Waals surface area (Å²) < 4.78 is 29.4. The van der Waals surface area contributed by atoms with E-state index in [-0.39, 0.29) is 0 Å². The zero-order valence-corrected chi connectivity index (χ0v) is 10.2. The van der Waals surface area contributed by atoms with Crippen molar-refractivity contribution in [3.8, 4) is 0 Å². The fourth-order valence-electron chi connectivity index (χ4n) is 1.26. The standard InChI is InChI=1S/C8H17O3SSi/c1-4-13(5-2,6-3)8-7-12(9,10)11/h8H,4-6H2,1-3H3,(H,9,10,11). The van der Waals surface area contributed by atoms with Crippen molar-refractivity contribution in [3.63, 3.8) is 0 Å². The summed E-state index contributed by atoms with van der Waals surface area (Å²) in [4.78, 5) is 0. The van der Waals surface area contributed by atoms with E-state index >= 15 is 0 Å². The number of hydrogen-bond acceptors (Lipinski definition) is 2. The molecular weight excluding hydrogens is 204 g/mol. The second-order valence-corrected chi connectivity index (χ2v) is 9.48. The second-order valence-electron chi connectivity index (χ2n) is 3.16. The van der Waals surface area contributed by atoms with Crippen LogP contribution in [-0.4, -0.2) is 21.0 Å². The van der Waals surface area contributed by atoms with E-state index in [0.29, 0.717) is 0 Å². The first-order valence-electron chi connectivity index (χ1n) is 4.48. The highest BCUT2D eigenvalue weighted by atomic mass is 32.2. The molecule has 3 nitrogen and oxygen atoms in total. The van der Waals surface area contributed by atoms with E-state index < -0.39 is 18.2 Å². The van der Waals surface area contributed by atoms with Crippen LogP contribution in [0.5, 0.6) is 0 Å². The zero-order chi connectivity index (χ0) is 10.5. The van der Waals surface area contributed by atoms with Crippen LogP contribution in [0.15, 0.2) is 5.70 Å². The van der Waals surface area contributed by atoms with Crippen LogP contribution in [-0.2, 0) is 10.1 Å². The van der Waals surface area contributed by atoms with Crippen molar-refractivity contribution in [2.24, 2.45) is 0 Å². The summed E-state index contributed by atoms with van der Waals surface area (Å²) in [6.45, 7) is 6.17. The first-order valence-corrected chi connectivity index (χ1v) is 8.62. The number of hydrogen-bond donors (Lipinski definition) is 1. The molecule has 0 saturated carbocycles. The predicted molar refractivity (Wildman–Crippen MR) is 56.6 cm³/mol. The lowest BCUT2D eigenvalue weighted by atomic mass is 10.9. The summed E-state index contributed by atoms with van der Waals surface area (Å²) in [7, 11) is -5.66. The molecular formula is C8H17O3SSi. The fourth-order valence-corrected chi connectivity index (χ4v) is 4.96. The topological polar surface area (TPSA) is 54.4 Å². The minimum absolute atomic E-state index is 0.989. The maximum Gasteiger partial charge on any atom is 0.295 e. The van der Waals surface area contributed by atoms with Crippen molar-refractivity contribution >= 4 is 18.2 Å². The Labute approximate surface area is 81.6 Å². The van der Waals surface area contributed by atoms with Crippen molar-refractivity contribution in [2.75, 3.05) is 0 Å². The van der Waals surface area contributed by atoms with Gasteiger partial charge in [0.15, 0.2) is 0 Å². The predicted octanol–water partition coefficient (Wildman–Crippen LogP) is 2.24. The molecule has 0 aromatic heterocycles. The van der Waals surface area contributed by atoms with Crippen LogP contribution >= 0.6 is 0 Å². The quantitative estimate of drug-likeness (QED) is 0.572. The van der Waals surface area contributed by atoms with Crippen molar-refractivity contribution in [1.29, 1.82) is 0 Å². The highest BCUT2D eigenvalue weighted by molar-refractivity contribution is 7.87. The number of rotatable bonds is 5. The Morgan fingerprint density at radius 2 is 1.62 bits per heavy atom. The molecule has 0 unspecified atom stereocenters. The molecule has 0 aromatic rings. The molecule has 0 aliphatic heterocycles. The molecule has 0 saturated heterocycles. The summed E-state index contributed by atoms with van der Waals surface area (Å²) in [6, 6.07) is 2.97. The molecule has 0 amide bonds. The fraction of sp³-hybridized carbons (Fsp3) is 0.750. The van der Waals surface area contributed by atoms with Gasteiger partial charge in [-0.15, -0.1) is 0 Å². The van der Waals surface area contributed by atoms with E-state index in [2.05, 4.69) is 26.2 Å². The van der Waals surface area contributed by atoms with Gasteiger partial charge in [0.05, 0.1) is 8.07 Å². The summed E-state index contributed by atoms with van der Waals surface area (Å²) in [5.41, 5.74) is 1.61. The first-order chi connectivity index (χ1) is 5.89. The van der Waals surface area contributed by atoms with Gasteiger partial charge < -0.3 is 0 Å². The third-order valence-electron chi connectivity index (χ3n) is 2.63. The Balaban J connectivity index is 4.70. The van der Waals surface area contributed by atoms with Gasteiger partial charge in [0, 0.05) is 0 Å². The SMILES string of the molecule is CC[Si](/C=[C]/S(=O)(=O)O)(CC)CC. The third-order valence-corrected chi connectivity index (χ3v) is 8.23. The summed E-state index contributed by atoms with van der Waals surface area (Å²) in [5.74, 6) is 0. The minimum atomic E-state index is -4.06. The van der Waals surface area contributed by atoms with Crippen molar-refractivity contribution in [1.82, 2.24) is 0 Å². The van der Waals surface area contributed by atoms with Crippen molar-refractivity contribution in [3.05, 3.63) is 11.1 Å². The Hall–Kier alpha value is -0.133. The largest absolute Gasteiger partial charge is 0.295 e. The van der Waals surface area contributed by atoms with Gasteiger partial charge in [-0.2, -0.15) is 8.42 Å². The molecule has 0 aromatic carbocycles. The molecule has 0 spiro atoms. The molecule has 0 bridgehead atoms. The van der Waals surface area contributed by atoms with Gasteiger partial charge in [-0.25, -0.2) is 0 Å². The van der Waals surface area contributed by atoms with Gasteiger partial charge in [0.25, 0.3) is 10.1 Å². The van der Waals surface area contributed by atoms with Gasteiger partial charge in [-0.05, 0) is 0 Å². The van der Waals surface area contributed by atoms with E-state index in [9.17, 15) is 8.42 Å². The molecule has 13 heavy (non-hydrogen) atoms. The molecule has 0 fully saturated rings. The van der Waals surface area contributed by atoms with Crippen LogP contribution in [0.4, 0.5) is 0 Å². The van der Waals surface area contributed by atoms with Gasteiger partial charge >= 0.3 is 0 Å². The molecule has 0 heterocycles. The van der Waals surface area contributed by atoms with E-state index in [1.54, 1.807) is 5.70 Å². The molecule has 0 atom stereocenters. The van der Waals surface area contributed by atoms with Crippen LogP contribution in [0.1, 0.15) is 20.8 Å². The monoisotopic (exact) mass is 221 g/mol. The highest BCUT2D eigenvalue weighted by Crippen LogP contribution is 2.21. The van der Waals surface area contributed by atoms with Crippen LogP contribution in [0.25, 0.3) is 0 Å². The molecule has 1 N–H and O–H groups in total. The van der Waals surface area contributed by atoms with E-state index in [1.807, 2.05) is 0 Å². The van der Waals surface area contributed by atoms with Gasteiger partial charge in [0.1, 0.15) is 5.41 Å². The van der Waals surface area contributed by atoms with E-state index in [0.717, 1.165) is 18.1 Å². The highest BCUT2D eigenvalue weighted by Gasteiger charge is 2.23. The summed E-state index contributed by atoms with van der Waals surface area (Å²) >= 11 is 0. The Morgan fingerprint density at radius 3 is 1.85 bits per heavy atom. The van der Waals surface area contributed by atoms with Gasteiger partial charge in [0.2, 0.25) is 0 Å². The Kier molecular flexibility index (Phi) is 4.88. The smallest absolute Gasteiger partial charge is 0.282 e. The van der Waals surface area contributed by atoms with Crippen LogP contribution in [0, 0.1) is 5.41 Å². The van der Waals surface area contributed by atoms with Gasteiger partial charge in [-0.1, -0.05) is 44.6 Å². The average Bonchev–Trinajstić information content (AvgIpc) is 2.06. The molecule has 0 aliphatic carbocycles. The Morgan fingerprint density at radius 1 is 1.23 bits per heavy atom. The zero-order valence-electron chi connectivity index (χ0n) is 8.37. The maximum absolute atomic E-state index is 10.5. The lowest BCUT2D eigenvalue weighted by Crippen LogP contribution is -2.29. The van der Waals surface area contributed by atoms with Crippen LogP contribution in [0.3, 0.4) is 0 Å². The molecule has 0 aliphatic rings. The normalized spacial score (nSPS) is 13.8. The first kappa shape index (κ1) is 12.9. The summed E-state index contributed by atoms with van der Waals surface area (Å²) in [6.07, 6.45) is 0. The van der Waals surface area contributed by atoms with Crippen LogP contribution < -0.4 is 0 Å². The third kappa shape index (κ3) is 4.59. The lowest BCUT2D eigenvalue weighted by molar-refractivity contribution is 0.493. The second kappa shape index (κ2) is 4.93. The molecule has 77 valence electrons. The van der Waals surface area contributed by atoms with Crippen molar-refractivity contribution < 1.29 is 13.0 Å². The maximum atomic E-state index is 10.5. The van der Waals surface area contributed by atoms with Gasteiger partial charge in [-0.3, -0.25) is 4.55 Å².